The predicted molar refractivity (Wildman–Crippen MR) is 89.5 cm³/mol. The number of benzene rings is 1. The number of rotatable bonds is 3. The Morgan fingerprint density at radius 2 is 1.95 bits per heavy atom. The van der Waals surface area contributed by atoms with E-state index in [0.717, 1.165) is 26.4 Å². The number of nitrogens with two attached hydrogens (primary N) is 1. The van der Waals surface area contributed by atoms with Crippen LogP contribution in [-0.2, 0) is 0 Å². The molecule has 0 aliphatic carbocycles. The van der Waals surface area contributed by atoms with Crippen molar-refractivity contribution in [3.05, 3.63) is 48.4 Å². The zero-order chi connectivity index (χ0) is 14.9. The van der Waals surface area contributed by atoms with E-state index in [1.807, 2.05) is 30.5 Å². The molecule has 0 fully saturated rings. The minimum Gasteiger partial charge on any atom is -0.456 e. The molecule has 1 aromatic carbocycles. The number of ether oxygens (including phenoxy) is 1. The summed E-state index contributed by atoms with van der Waals surface area (Å²) in [5.74, 6) is 1.42. The Morgan fingerprint density at radius 3 is 2.82 bits per heavy atom. The van der Waals surface area contributed by atoms with Gasteiger partial charge >= 0.3 is 0 Å². The number of hydrogen-bond donors (Lipinski definition) is 1. The van der Waals surface area contributed by atoms with Gasteiger partial charge in [0.05, 0.1) is 26.8 Å². The SMILES string of the molecule is Nc1nc2ccc(Oc3cncc(-c4cncs4)c3)cc2s1. The van der Waals surface area contributed by atoms with Gasteiger partial charge < -0.3 is 10.5 Å². The van der Waals surface area contributed by atoms with Crippen LogP contribution in [0.15, 0.2) is 48.4 Å². The lowest BCUT2D eigenvalue weighted by Crippen LogP contribution is -1.86. The number of fused-ring (bicyclic) bond motifs is 1. The predicted octanol–water partition coefficient (Wildman–Crippen LogP) is 4.19. The van der Waals surface area contributed by atoms with Crippen LogP contribution in [-0.4, -0.2) is 15.0 Å². The number of pyridine rings is 1. The van der Waals surface area contributed by atoms with Crippen molar-refractivity contribution in [1.29, 1.82) is 0 Å². The standard InChI is InChI=1S/C15H10N4OS2/c16-15-19-12-2-1-10(4-13(12)22-15)20-11-3-9(5-17-6-11)14-7-18-8-21-14/h1-8H,(H2,16,19). The van der Waals surface area contributed by atoms with E-state index in [1.54, 1.807) is 29.2 Å². The van der Waals surface area contributed by atoms with Gasteiger partial charge in [0.25, 0.3) is 0 Å². The number of anilines is 1. The lowest BCUT2D eigenvalue weighted by molar-refractivity contribution is 0.481. The van der Waals surface area contributed by atoms with Crippen molar-refractivity contribution in [3.8, 4) is 21.9 Å². The zero-order valence-corrected chi connectivity index (χ0v) is 12.9. The molecule has 0 atom stereocenters. The highest BCUT2D eigenvalue weighted by Gasteiger charge is 2.06. The van der Waals surface area contributed by atoms with Gasteiger partial charge in [-0.25, -0.2) is 4.98 Å². The maximum atomic E-state index is 5.89. The Morgan fingerprint density at radius 1 is 1.00 bits per heavy atom. The van der Waals surface area contributed by atoms with Crippen LogP contribution in [0, 0.1) is 0 Å². The summed E-state index contributed by atoms with van der Waals surface area (Å²) in [6.45, 7) is 0. The van der Waals surface area contributed by atoms with Crippen molar-refractivity contribution in [2.45, 2.75) is 0 Å². The van der Waals surface area contributed by atoms with Crippen molar-refractivity contribution in [3.63, 3.8) is 0 Å². The second-order valence-electron chi connectivity index (χ2n) is 4.56. The van der Waals surface area contributed by atoms with E-state index >= 15 is 0 Å². The van der Waals surface area contributed by atoms with E-state index in [1.165, 1.54) is 11.3 Å². The normalized spacial score (nSPS) is 10.9. The van der Waals surface area contributed by atoms with Crippen LogP contribution >= 0.6 is 22.7 Å². The molecular weight excluding hydrogens is 316 g/mol. The summed E-state index contributed by atoms with van der Waals surface area (Å²) in [7, 11) is 0. The molecule has 0 aliphatic rings. The summed E-state index contributed by atoms with van der Waals surface area (Å²) in [6, 6.07) is 7.66. The second-order valence-corrected chi connectivity index (χ2v) is 6.51. The summed E-state index contributed by atoms with van der Waals surface area (Å²) < 4.78 is 6.90. The Kier molecular flexibility index (Phi) is 3.21. The highest BCUT2D eigenvalue weighted by Crippen LogP contribution is 2.31. The van der Waals surface area contributed by atoms with Crippen LogP contribution in [0.25, 0.3) is 20.7 Å². The van der Waals surface area contributed by atoms with Gasteiger partial charge in [-0.3, -0.25) is 9.97 Å². The Bertz CT molecular complexity index is 934. The molecule has 0 saturated carbocycles. The third-order valence-corrected chi connectivity index (χ3v) is 4.71. The van der Waals surface area contributed by atoms with E-state index < -0.39 is 0 Å². The molecule has 2 N–H and O–H groups in total. The molecule has 0 spiro atoms. The summed E-state index contributed by atoms with van der Waals surface area (Å²) in [6.07, 6.45) is 5.31. The van der Waals surface area contributed by atoms with Gasteiger partial charge in [-0.15, -0.1) is 11.3 Å². The lowest BCUT2D eigenvalue weighted by atomic mass is 10.2. The van der Waals surface area contributed by atoms with Crippen LogP contribution in [0.1, 0.15) is 0 Å². The second kappa shape index (κ2) is 5.36. The van der Waals surface area contributed by atoms with Crippen LogP contribution in [0.3, 0.4) is 0 Å². The van der Waals surface area contributed by atoms with Gasteiger partial charge in [0.2, 0.25) is 0 Å². The van der Waals surface area contributed by atoms with Gasteiger partial charge in [0.15, 0.2) is 5.13 Å². The molecule has 0 unspecified atom stereocenters. The van der Waals surface area contributed by atoms with Gasteiger partial charge in [-0.1, -0.05) is 11.3 Å². The van der Waals surface area contributed by atoms with Crippen LogP contribution < -0.4 is 10.5 Å². The van der Waals surface area contributed by atoms with E-state index in [0.29, 0.717) is 10.9 Å². The van der Waals surface area contributed by atoms with E-state index in [2.05, 4.69) is 15.0 Å². The van der Waals surface area contributed by atoms with Gasteiger partial charge in [-0.2, -0.15) is 0 Å². The number of thiazole rings is 2. The molecule has 0 amide bonds. The summed E-state index contributed by atoms with van der Waals surface area (Å²) in [4.78, 5) is 13.6. The van der Waals surface area contributed by atoms with Crippen molar-refractivity contribution >= 4 is 38.0 Å². The molecule has 3 aromatic heterocycles. The molecule has 108 valence electrons. The molecule has 4 rings (SSSR count). The smallest absolute Gasteiger partial charge is 0.181 e. The fraction of sp³-hybridized carbons (Fsp3) is 0. The van der Waals surface area contributed by atoms with Crippen molar-refractivity contribution in [2.75, 3.05) is 5.73 Å². The van der Waals surface area contributed by atoms with Crippen LogP contribution in [0.2, 0.25) is 0 Å². The first-order valence-electron chi connectivity index (χ1n) is 6.46. The lowest BCUT2D eigenvalue weighted by Gasteiger charge is -2.06. The number of aromatic nitrogens is 3. The van der Waals surface area contributed by atoms with Crippen LogP contribution in [0.5, 0.6) is 11.5 Å². The highest BCUT2D eigenvalue weighted by molar-refractivity contribution is 7.22. The maximum Gasteiger partial charge on any atom is 0.181 e. The van der Waals surface area contributed by atoms with Crippen LogP contribution in [0.4, 0.5) is 5.13 Å². The molecule has 5 nitrogen and oxygen atoms in total. The molecule has 0 aliphatic heterocycles. The van der Waals surface area contributed by atoms with E-state index in [4.69, 9.17) is 10.5 Å². The van der Waals surface area contributed by atoms with E-state index in [9.17, 15) is 0 Å². The van der Waals surface area contributed by atoms with E-state index in [-0.39, 0.29) is 0 Å². The fourth-order valence-electron chi connectivity index (χ4n) is 2.09. The summed E-state index contributed by atoms with van der Waals surface area (Å²) in [5.41, 5.74) is 9.39. The molecule has 22 heavy (non-hydrogen) atoms. The largest absolute Gasteiger partial charge is 0.456 e. The molecule has 7 heteroatoms. The van der Waals surface area contributed by atoms with Crippen molar-refractivity contribution < 1.29 is 4.74 Å². The van der Waals surface area contributed by atoms with Crippen molar-refractivity contribution in [1.82, 2.24) is 15.0 Å². The molecule has 0 saturated heterocycles. The third kappa shape index (κ3) is 2.51. The number of nitrogen functional groups attached to an aromatic ring is 1. The first kappa shape index (κ1) is 13.2. The van der Waals surface area contributed by atoms with Gasteiger partial charge in [-0.05, 0) is 18.2 Å². The first-order chi connectivity index (χ1) is 10.8. The molecule has 0 bridgehead atoms. The maximum absolute atomic E-state index is 5.89. The number of nitrogens with zero attached hydrogens (tertiary/aromatic N) is 3. The Balaban J connectivity index is 1.65. The molecule has 3 heterocycles. The molecule has 4 aromatic rings. The topological polar surface area (TPSA) is 73.9 Å². The van der Waals surface area contributed by atoms with Crippen molar-refractivity contribution in [2.24, 2.45) is 0 Å². The average molecular weight is 326 g/mol. The molecular formula is C15H10N4OS2. The minimum atomic E-state index is 0.556. The average Bonchev–Trinajstić information content (AvgIpc) is 3.15. The summed E-state index contributed by atoms with van der Waals surface area (Å²) in [5, 5.41) is 0.556. The zero-order valence-electron chi connectivity index (χ0n) is 11.3. The van der Waals surface area contributed by atoms with Gasteiger partial charge in [0, 0.05) is 24.0 Å². The Labute approximate surface area is 134 Å². The highest BCUT2D eigenvalue weighted by atomic mass is 32.1. The van der Waals surface area contributed by atoms with Gasteiger partial charge in [0.1, 0.15) is 11.5 Å². The monoisotopic (exact) mass is 326 g/mol. The Hall–Kier alpha value is -2.51. The minimum absolute atomic E-state index is 0.556. The number of hydrogen-bond acceptors (Lipinski definition) is 7. The molecule has 0 radical (unpaired) electrons. The third-order valence-electron chi connectivity index (χ3n) is 3.04. The quantitative estimate of drug-likeness (QED) is 0.611. The summed E-state index contributed by atoms with van der Waals surface area (Å²) >= 11 is 3.01. The first-order valence-corrected chi connectivity index (χ1v) is 8.15. The fourth-order valence-corrected chi connectivity index (χ4v) is 3.46.